The van der Waals surface area contributed by atoms with Gasteiger partial charge in [-0.2, -0.15) is 5.10 Å². The molecule has 35 heavy (non-hydrogen) atoms. The van der Waals surface area contributed by atoms with Gasteiger partial charge in [0.15, 0.2) is 0 Å². The first-order valence-corrected chi connectivity index (χ1v) is 12.2. The predicted molar refractivity (Wildman–Crippen MR) is 138 cm³/mol. The Hall–Kier alpha value is -3.90. The van der Waals surface area contributed by atoms with Crippen LogP contribution in [0.3, 0.4) is 0 Å². The first kappa shape index (κ1) is 21.6. The molecule has 4 aromatic carbocycles. The topological polar surface area (TPSA) is 51.1 Å². The third kappa shape index (κ3) is 4.21. The fourth-order valence-corrected chi connectivity index (χ4v) is 4.78. The van der Waals surface area contributed by atoms with Gasteiger partial charge in [-0.3, -0.25) is 0 Å². The molecule has 2 heterocycles. The van der Waals surface area contributed by atoms with Crippen molar-refractivity contribution < 1.29 is 14.3 Å². The zero-order valence-corrected chi connectivity index (χ0v) is 20.3. The second kappa shape index (κ2) is 9.04. The number of fused-ring (bicyclic) bond motifs is 3. The summed E-state index contributed by atoms with van der Waals surface area (Å²) in [6.45, 7) is 0. The molecule has 5 nitrogen and oxygen atoms in total. The van der Waals surface area contributed by atoms with Gasteiger partial charge in [0.25, 0.3) is 0 Å². The van der Waals surface area contributed by atoms with Gasteiger partial charge in [-0.1, -0.05) is 64.5 Å². The predicted octanol–water partition coefficient (Wildman–Crippen LogP) is 6.91. The maximum atomic E-state index is 12.4. The fraction of sp³-hybridized carbons (Fsp3) is 0.103. The standard InChI is InChI=1S/C29H21BrN2O3/c30-22-14-10-19(11-15-22)25-18-26-24-8-4-5-9-27(24)35-28(32(26)31-25)20-12-16-23(17-13-20)34-29(33)21-6-2-1-3-7-21/h1-17,26,28H,18H2/t26-,28-/m1/s1. The number of esters is 1. The lowest BCUT2D eigenvalue weighted by molar-refractivity contribution is -0.0190. The molecule has 2 atom stereocenters. The normalized spacial score (nSPS) is 18.2. The van der Waals surface area contributed by atoms with E-state index in [4.69, 9.17) is 14.6 Å². The van der Waals surface area contributed by atoms with Gasteiger partial charge >= 0.3 is 5.97 Å². The van der Waals surface area contributed by atoms with Crippen LogP contribution in [0.1, 0.15) is 45.7 Å². The summed E-state index contributed by atoms with van der Waals surface area (Å²) in [5.41, 5.74) is 4.71. The van der Waals surface area contributed by atoms with E-state index in [9.17, 15) is 4.79 Å². The van der Waals surface area contributed by atoms with Crippen molar-refractivity contribution in [1.82, 2.24) is 5.01 Å². The monoisotopic (exact) mass is 524 g/mol. The number of nitrogens with zero attached hydrogens (tertiary/aromatic N) is 2. The van der Waals surface area contributed by atoms with Crippen LogP contribution < -0.4 is 9.47 Å². The number of carbonyl (C=O) groups excluding carboxylic acids is 1. The molecule has 2 aliphatic rings. The van der Waals surface area contributed by atoms with Crippen LogP contribution >= 0.6 is 15.9 Å². The average Bonchev–Trinajstić information content (AvgIpc) is 3.35. The van der Waals surface area contributed by atoms with E-state index in [-0.39, 0.29) is 18.2 Å². The van der Waals surface area contributed by atoms with Crippen LogP contribution in [0.2, 0.25) is 0 Å². The largest absolute Gasteiger partial charge is 0.464 e. The molecule has 6 rings (SSSR count). The molecule has 0 aliphatic carbocycles. The van der Waals surface area contributed by atoms with E-state index in [1.54, 1.807) is 24.3 Å². The van der Waals surface area contributed by atoms with E-state index in [1.165, 1.54) is 0 Å². The Bertz CT molecular complexity index is 1400. The van der Waals surface area contributed by atoms with Crippen LogP contribution in [0, 0.1) is 0 Å². The van der Waals surface area contributed by atoms with Crippen LogP contribution in [-0.4, -0.2) is 16.7 Å². The van der Waals surface area contributed by atoms with Crippen molar-refractivity contribution in [1.29, 1.82) is 0 Å². The lowest BCUT2D eigenvalue weighted by atomic mass is 9.96. The van der Waals surface area contributed by atoms with Crippen LogP contribution in [0.5, 0.6) is 11.5 Å². The van der Waals surface area contributed by atoms with Gasteiger partial charge in [0.2, 0.25) is 6.23 Å². The van der Waals surface area contributed by atoms with Crippen LogP contribution in [0.4, 0.5) is 0 Å². The molecule has 0 aromatic heterocycles. The molecule has 0 saturated heterocycles. The number of halogens is 1. The van der Waals surface area contributed by atoms with Crippen LogP contribution in [0.25, 0.3) is 0 Å². The van der Waals surface area contributed by atoms with E-state index in [0.717, 1.165) is 39.0 Å². The summed E-state index contributed by atoms with van der Waals surface area (Å²) >= 11 is 3.51. The van der Waals surface area contributed by atoms with Gasteiger partial charge in [-0.15, -0.1) is 0 Å². The van der Waals surface area contributed by atoms with Crippen LogP contribution in [-0.2, 0) is 0 Å². The number of carbonyl (C=O) groups is 1. The molecule has 6 heteroatoms. The number of hydrazone groups is 1. The fourth-order valence-electron chi connectivity index (χ4n) is 4.51. The van der Waals surface area contributed by atoms with Gasteiger partial charge in [0.05, 0.1) is 17.3 Å². The summed E-state index contributed by atoms with van der Waals surface area (Å²) in [7, 11) is 0. The molecule has 0 saturated carbocycles. The first-order valence-electron chi connectivity index (χ1n) is 11.4. The summed E-state index contributed by atoms with van der Waals surface area (Å²) in [5, 5.41) is 7.05. The Morgan fingerprint density at radius 2 is 1.60 bits per heavy atom. The molecule has 172 valence electrons. The minimum atomic E-state index is -0.387. The Morgan fingerprint density at radius 1 is 0.886 bits per heavy atom. The Balaban J connectivity index is 1.29. The van der Waals surface area contributed by atoms with E-state index in [1.807, 2.05) is 65.7 Å². The Morgan fingerprint density at radius 3 is 2.37 bits per heavy atom. The quantitative estimate of drug-likeness (QED) is 0.215. The highest BCUT2D eigenvalue weighted by Crippen LogP contribution is 2.47. The zero-order chi connectivity index (χ0) is 23.8. The maximum absolute atomic E-state index is 12.4. The summed E-state index contributed by atoms with van der Waals surface area (Å²) in [5.74, 6) is 0.964. The summed E-state index contributed by atoms with van der Waals surface area (Å²) in [4.78, 5) is 12.4. The van der Waals surface area contributed by atoms with Crippen molar-refractivity contribution in [2.45, 2.75) is 18.7 Å². The van der Waals surface area contributed by atoms with E-state index in [2.05, 4.69) is 34.1 Å². The smallest absolute Gasteiger partial charge is 0.343 e. The number of hydrogen-bond donors (Lipinski definition) is 0. The molecule has 0 bridgehead atoms. The highest BCUT2D eigenvalue weighted by molar-refractivity contribution is 9.10. The van der Waals surface area contributed by atoms with Gasteiger partial charge in [-0.25, -0.2) is 9.80 Å². The molecule has 0 amide bonds. The van der Waals surface area contributed by atoms with Crippen molar-refractivity contribution in [3.05, 3.63) is 130 Å². The second-order valence-electron chi connectivity index (χ2n) is 8.49. The average molecular weight is 525 g/mol. The van der Waals surface area contributed by atoms with Crippen molar-refractivity contribution in [2.24, 2.45) is 5.10 Å². The molecule has 0 unspecified atom stereocenters. The molecule has 4 aromatic rings. The highest BCUT2D eigenvalue weighted by atomic mass is 79.9. The molecular formula is C29H21BrN2O3. The zero-order valence-electron chi connectivity index (χ0n) is 18.7. The minimum absolute atomic E-state index is 0.0826. The van der Waals surface area contributed by atoms with Crippen molar-refractivity contribution in [3.8, 4) is 11.5 Å². The van der Waals surface area contributed by atoms with Crippen molar-refractivity contribution >= 4 is 27.6 Å². The third-order valence-electron chi connectivity index (χ3n) is 6.26. The summed E-state index contributed by atoms with van der Waals surface area (Å²) in [6, 6.07) is 32.9. The van der Waals surface area contributed by atoms with Crippen LogP contribution in [0.15, 0.2) is 113 Å². The Labute approximate surface area is 211 Å². The first-order chi connectivity index (χ1) is 17.2. The van der Waals surface area contributed by atoms with Gasteiger partial charge in [-0.05, 0) is 60.2 Å². The van der Waals surface area contributed by atoms with E-state index < -0.39 is 0 Å². The van der Waals surface area contributed by atoms with E-state index in [0.29, 0.717) is 11.3 Å². The number of para-hydroxylation sites is 1. The maximum Gasteiger partial charge on any atom is 0.343 e. The number of ether oxygens (including phenoxy) is 2. The minimum Gasteiger partial charge on any atom is -0.464 e. The number of benzene rings is 4. The summed E-state index contributed by atoms with van der Waals surface area (Å²) < 4.78 is 13.0. The highest BCUT2D eigenvalue weighted by Gasteiger charge is 2.40. The molecule has 0 spiro atoms. The lowest BCUT2D eigenvalue weighted by Crippen LogP contribution is -2.33. The van der Waals surface area contributed by atoms with Crippen molar-refractivity contribution in [3.63, 3.8) is 0 Å². The molecule has 2 aliphatic heterocycles. The lowest BCUT2D eigenvalue weighted by Gasteiger charge is -2.38. The summed E-state index contributed by atoms with van der Waals surface area (Å²) in [6.07, 6.45) is 0.410. The molecule has 0 N–H and O–H groups in total. The second-order valence-corrected chi connectivity index (χ2v) is 9.40. The van der Waals surface area contributed by atoms with Gasteiger partial charge in [0.1, 0.15) is 11.5 Å². The van der Waals surface area contributed by atoms with E-state index >= 15 is 0 Å². The number of hydrogen-bond acceptors (Lipinski definition) is 5. The SMILES string of the molecule is O=C(Oc1ccc([C@H]2Oc3ccccc3[C@H]3CC(c4ccc(Br)cc4)=NN32)cc1)c1ccccc1. The molecule has 0 fully saturated rings. The Kier molecular flexibility index (Phi) is 5.58. The van der Waals surface area contributed by atoms with Gasteiger partial charge < -0.3 is 9.47 Å². The third-order valence-corrected chi connectivity index (χ3v) is 6.79. The van der Waals surface area contributed by atoms with Crippen molar-refractivity contribution in [2.75, 3.05) is 0 Å². The number of rotatable bonds is 4. The molecule has 0 radical (unpaired) electrons. The van der Waals surface area contributed by atoms with Gasteiger partial charge in [0, 0.05) is 22.0 Å². The molecular weight excluding hydrogens is 504 g/mol.